The lowest BCUT2D eigenvalue weighted by Gasteiger charge is -2.26. The van der Waals surface area contributed by atoms with E-state index in [4.69, 9.17) is 9.15 Å². The van der Waals surface area contributed by atoms with E-state index in [1.165, 1.54) is 7.11 Å². The molecule has 6 nitrogen and oxygen atoms in total. The first-order valence-corrected chi connectivity index (χ1v) is 12.1. The number of aromatic hydroxyl groups is 1. The minimum Gasteiger partial charge on any atom is -0.503 e. The Morgan fingerprint density at radius 3 is 2.50 bits per heavy atom. The van der Waals surface area contributed by atoms with E-state index in [0.29, 0.717) is 21.0 Å². The highest BCUT2D eigenvalue weighted by atomic mass is 79.9. The highest BCUT2D eigenvalue weighted by Gasteiger charge is 2.43. The molecule has 0 saturated heterocycles. The largest absolute Gasteiger partial charge is 0.503 e. The number of benzene rings is 3. The van der Waals surface area contributed by atoms with E-state index < -0.39 is 6.04 Å². The van der Waals surface area contributed by atoms with E-state index in [0.717, 1.165) is 15.6 Å². The average molecular weight is 585 g/mol. The van der Waals surface area contributed by atoms with Crippen LogP contribution in [0.15, 0.2) is 72.8 Å². The molecule has 0 spiro atoms. The van der Waals surface area contributed by atoms with Crippen LogP contribution in [0.25, 0.3) is 11.0 Å². The van der Waals surface area contributed by atoms with Gasteiger partial charge in [-0.05, 0) is 64.3 Å². The van der Waals surface area contributed by atoms with Crippen molar-refractivity contribution in [2.75, 3.05) is 7.11 Å². The Morgan fingerprint density at radius 2 is 1.79 bits per heavy atom. The molecule has 0 radical (unpaired) electrons. The van der Waals surface area contributed by atoms with Crippen molar-refractivity contribution in [3.63, 3.8) is 0 Å². The second-order valence-corrected chi connectivity index (χ2v) is 9.96. The second kappa shape index (κ2) is 8.60. The monoisotopic (exact) mass is 583 g/mol. The zero-order chi connectivity index (χ0) is 24.1. The Balaban J connectivity index is 1.76. The lowest BCUT2D eigenvalue weighted by molar-refractivity contribution is 0.0714. The zero-order valence-corrected chi connectivity index (χ0v) is 21.4. The van der Waals surface area contributed by atoms with Gasteiger partial charge < -0.3 is 19.2 Å². The summed E-state index contributed by atoms with van der Waals surface area (Å²) in [6.07, 6.45) is 0. The number of methoxy groups -OCH3 is 1. The van der Waals surface area contributed by atoms with Gasteiger partial charge in [0.25, 0.3) is 5.91 Å². The quantitative estimate of drug-likeness (QED) is 0.314. The number of phenolic OH excluding ortho intramolecular Hbond substituents is 1. The second-order valence-electron chi connectivity index (χ2n) is 8.19. The third-order valence-electron chi connectivity index (χ3n) is 5.99. The molecule has 8 heteroatoms. The van der Waals surface area contributed by atoms with Crippen LogP contribution in [-0.2, 0) is 6.54 Å². The third kappa shape index (κ3) is 3.71. The predicted octanol–water partition coefficient (Wildman–Crippen LogP) is 6.09. The smallest absolute Gasteiger partial charge is 0.291 e. The maximum absolute atomic E-state index is 13.7. The summed E-state index contributed by atoms with van der Waals surface area (Å²) < 4.78 is 12.5. The number of ether oxygens (including phenoxy) is 1. The number of hydrogen-bond acceptors (Lipinski definition) is 5. The summed E-state index contributed by atoms with van der Waals surface area (Å²) >= 11 is 6.77. The molecule has 0 fully saturated rings. The van der Waals surface area contributed by atoms with E-state index in [2.05, 4.69) is 31.9 Å². The van der Waals surface area contributed by atoms with Crippen LogP contribution in [0.5, 0.6) is 11.5 Å². The maximum Gasteiger partial charge on any atom is 0.291 e. The molecule has 1 aliphatic rings. The standard InChI is InChI=1S/C26H19Br2NO5/c1-13-3-5-14(6-4-13)12-29-22(15-9-18(28)24(31)20(10-15)33-2)21-23(30)17-11-16(27)7-8-19(17)34-25(21)26(29)32/h3-11,22,31H,12H2,1-2H3/t22-/m1/s1. The molecule has 1 atom stereocenters. The van der Waals surface area contributed by atoms with Gasteiger partial charge in [0.15, 0.2) is 16.9 Å². The van der Waals surface area contributed by atoms with Crippen molar-refractivity contribution in [1.29, 1.82) is 0 Å². The van der Waals surface area contributed by atoms with Gasteiger partial charge in [-0.25, -0.2) is 0 Å². The van der Waals surface area contributed by atoms with Gasteiger partial charge in [-0.2, -0.15) is 0 Å². The molecule has 2 heterocycles. The number of hydrogen-bond donors (Lipinski definition) is 1. The normalized spacial score (nSPS) is 15.1. The summed E-state index contributed by atoms with van der Waals surface area (Å²) in [5.41, 5.74) is 2.98. The molecule has 1 aromatic heterocycles. The molecule has 172 valence electrons. The first kappa shape index (κ1) is 22.7. The summed E-state index contributed by atoms with van der Waals surface area (Å²) in [6, 6.07) is 15.6. The Morgan fingerprint density at radius 1 is 1.06 bits per heavy atom. The average Bonchev–Trinajstić information content (AvgIpc) is 3.09. The van der Waals surface area contributed by atoms with Crippen molar-refractivity contribution in [2.45, 2.75) is 19.5 Å². The van der Waals surface area contributed by atoms with Gasteiger partial charge in [-0.3, -0.25) is 9.59 Å². The van der Waals surface area contributed by atoms with Gasteiger partial charge in [0, 0.05) is 11.0 Å². The van der Waals surface area contributed by atoms with E-state index in [-0.39, 0.29) is 40.7 Å². The molecule has 1 N–H and O–H groups in total. The van der Waals surface area contributed by atoms with Crippen molar-refractivity contribution in [2.24, 2.45) is 0 Å². The van der Waals surface area contributed by atoms with Gasteiger partial charge in [-0.1, -0.05) is 45.8 Å². The molecule has 0 unspecified atom stereocenters. The number of carbonyl (C=O) groups excluding carboxylic acids is 1. The topological polar surface area (TPSA) is 80.0 Å². The number of amides is 1. The van der Waals surface area contributed by atoms with E-state index >= 15 is 0 Å². The number of halogens is 2. The summed E-state index contributed by atoms with van der Waals surface area (Å²) in [6.45, 7) is 2.27. The van der Waals surface area contributed by atoms with Crippen molar-refractivity contribution in [3.8, 4) is 11.5 Å². The zero-order valence-electron chi connectivity index (χ0n) is 18.3. The number of nitrogens with zero attached hydrogens (tertiary/aromatic N) is 1. The van der Waals surface area contributed by atoms with Crippen LogP contribution in [0, 0.1) is 6.92 Å². The van der Waals surface area contributed by atoms with Gasteiger partial charge in [0.1, 0.15) is 5.58 Å². The summed E-state index contributed by atoms with van der Waals surface area (Å²) in [5.74, 6) is -0.172. The first-order valence-electron chi connectivity index (χ1n) is 10.5. The number of aryl methyl sites for hydroxylation is 1. The molecule has 5 rings (SSSR count). The molecule has 3 aromatic carbocycles. The van der Waals surface area contributed by atoms with Crippen molar-refractivity contribution < 1.29 is 19.1 Å². The van der Waals surface area contributed by atoms with Gasteiger partial charge in [0.05, 0.1) is 28.6 Å². The third-order valence-corrected chi connectivity index (χ3v) is 7.09. The van der Waals surface area contributed by atoms with Crippen LogP contribution >= 0.6 is 31.9 Å². The summed E-state index contributed by atoms with van der Waals surface area (Å²) in [4.78, 5) is 28.9. The molecular weight excluding hydrogens is 566 g/mol. The molecule has 0 aliphatic carbocycles. The molecule has 1 aliphatic heterocycles. The minimum atomic E-state index is -0.728. The van der Waals surface area contributed by atoms with Crippen LogP contribution < -0.4 is 10.2 Å². The highest BCUT2D eigenvalue weighted by molar-refractivity contribution is 9.10. The van der Waals surface area contributed by atoms with Crippen LogP contribution in [0.2, 0.25) is 0 Å². The number of fused-ring (bicyclic) bond motifs is 2. The van der Waals surface area contributed by atoms with E-state index in [1.807, 2.05) is 31.2 Å². The SMILES string of the molecule is COc1cc([C@@H]2c3c(oc4ccc(Br)cc4c3=O)C(=O)N2Cc2ccc(C)cc2)cc(Br)c1O. The van der Waals surface area contributed by atoms with Gasteiger partial charge in [0.2, 0.25) is 5.76 Å². The van der Waals surface area contributed by atoms with Gasteiger partial charge >= 0.3 is 0 Å². The minimum absolute atomic E-state index is 0.0279. The highest BCUT2D eigenvalue weighted by Crippen LogP contribution is 2.44. The predicted molar refractivity (Wildman–Crippen MR) is 135 cm³/mol. The Hall–Kier alpha value is -3.10. The Labute approximate surface area is 212 Å². The fourth-order valence-electron chi connectivity index (χ4n) is 4.30. The fourth-order valence-corrected chi connectivity index (χ4v) is 5.12. The van der Waals surface area contributed by atoms with Crippen LogP contribution in [0.4, 0.5) is 0 Å². The molecule has 34 heavy (non-hydrogen) atoms. The molecule has 0 bridgehead atoms. The van der Waals surface area contributed by atoms with Crippen molar-refractivity contribution >= 4 is 48.7 Å². The molecule has 1 amide bonds. The number of rotatable bonds is 4. The number of carbonyl (C=O) groups is 1. The molecular formula is C26H19Br2NO5. The lowest BCUT2D eigenvalue weighted by atomic mass is 9.97. The molecule has 4 aromatic rings. The van der Waals surface area contributed by atoms with Crippen LogP contribution in [-0.4, -0.2) is 23.0 Å². The lowest BCUT2D eigenvalue weighted by Crippen LogP contribution is -2.29. The Bertz CT molecular complexity index is 1510. The summed E-state index contributed by atoms with van der Waals surface area (Å²) in [5, 5.41) is 10.7. The van der Waals surface area contributed by atoms with Crippen molar-refractivity contribution in [3.05, 3.63) is 102 Å². The maximum atomic E-state index is 13.7. The molecule has 0 saturated carbocycles. The van der Waals surface area contributed by atoms with E-state index in [9.17, 15) is 14.7 Å². The number of phenols is 1. The first-order chi connectivity index (χ1) is 16.3. The van der Waals surface area contributed by atoms with Crippen LogP contribution in [0.1, 0.15) is 38.9 Å². The van der Waals surface area contributed by atoms with Crippen LogP contribution in [0.3, 0.4) is 0 Å². The van der Waals surface area contributed by atoms with Crippen molar-refractivity contribution in [1.82, 2.24) is 4.90 Å². The van der Waals surface area contributed by atoms with Gasteiger partial charge in [-0.15, -0.1) is 0 Å². The Kier molecular flexibility index (Phi) is 5.73. The fraction of sp³-hybridized carbons (Fsp3) is 0.154. The summed E-state index contributed by atoms with van der Waals surface area (Å²) in [7, 11) is 1.45. The van der Waals surface area contributed by atoms with E-state index in [1.54, 1.807) is 35.2 Å².